The summed E-state index contributed by atoms with van der Waals surface area (Å²) in [5, 5.41) is 16.6. The zero-order chi connectivity index (χ0) is 18.3. The van der Waals surface area contributed by atoms with Gasteiger partial charge in [-0.05, 0) is 49.2 Å². The second-order valence-electron chi connectivity index (χ2n) is 7.09. The number of fused-ring (bicyclic) bond motifs is 3. The van der Waals surface area contributed by atoms with E-state index >= 15 is 0 Å². The van der Waals surface area contributed by atoms with E-state index in [1.165, 1.54) is 5.56 Å². The lowest BCUT2D eigenvalue weighted by Crippen LogP contribution is -2.42. The molecule has 5 nitrogen and oxygen atoms in total. The average Bonchev–Trinajstić information content (AvgIpc) is 2.96. The Morgan fingerprint density at radius 2 is 2.19 bits per heavy atom. The van der Waals surface area contributed by atoms with E-state index < -0.39 is 0 Å². The molecule has 0 aliphatic carbocycles. The fourth-order valence-electron chi connectivity index (χ4n) is 4.30. The summed E-state index contributed by atoms with van der Waals surface area (Å²) >= 11 is 0. The predicted molar refractivity (Wildman–Crippen MR) is 104 cm³/mol. The lowest BCUT2D eigenvalue weighted by Gasteiger charge is -2.31. The van der Waals surface area contributed by atoms with Crippen LogP contribution in [-0.2, 0) is 0 Å². The molecule has 0 spiro atoms. The molecule has 2 N–H and O–H groups in total. The average molecular weight is 343 g/mol. The number of piperidine rings is 1. The van der Waals surface area contributed by atoms with Gasteiger partial charge in [0.1, 0.15) is 6.07 Å². The Labute approximate surface area is 154 Å². The van der Waals surface area contributed by atoms with Crippen LogP contribution in [0.25, 0.3) is 4.85 Å². The normalized spacial score (nSPS) is 20.7. The van der Waals surface area contributed by atoms with E-state index in [2.05, 4.69) is 39.6 Å². The smallest absolute Gasteiger partial charge is 0.187 e. The van der Waals surface area contributed by atoms with Crippen LogP contribution < -0.4 is 15.5 Å². The van der Waals surface area contributed by atoms with Gasteiger partial charge in [-0.15, -0.1) is 0 Å². The van der Waals surface area contributed by atoms with Crippen LogP contribution in [-0.4, -0.2) is 26.2 Å². The highest BCUT2D eigenvalue weighted by molar-refractivity contribution is 5.77. The lowest BCUT2D eigenvalue weighted by atomic mass is 9.89. The van der Waals surface area contributed by atoms with Crippen LogP contribution in [0.1, 0.15) is 29.0 Å². The van der Waals surface area contributed by atoms with Gasteiger partial charge in [-0.25, -0.2) is 4.85 Å². The van der Waals surface area contributed by atoms with Crippen LogP contribution in [0.15, 0.2) is 30.3 Å². The molecule has 2 heterocycles. The van der Waals surface area contributed by atoms with Gasteiger partial charge in [0, 0.05) is 36.9 Å². The first kappa shape index (κ1) is 16.4. The van der Waals surface area contributed by atoms with Gasteiger partial charge in [0.15, 0.2) is 5.69 Å². The topological polar surface area (TPSA) is 55.5 Å². The molecule has 0 aromatic heterocycles. The van der Waals surface area contributed by atoms with Crippen LogP contribution in [0.3, 0.4) is 0 Å². The molecule has 0 radical (unpaired) electrons. The zero-order valence-corrected chi connectivity index (χ0v) is 15.0. The molecular formula is C21H21N5. The van der Waals surface area contributed by atoms with Crippen molar-refractivity contribution in [1.82, 2.24) is 5.32 Å². The number of anilines is 3. The monoisotopic (exact) mass is 343 g/mol. The number of rotatable bonds is 2. The van der Waals surface area contributed by atoms with Crippen LogP contribution in [0.5, 0.6) is 0 Å². The zero-order valence-electron chi connectivity index (χ0n) is 15.0. The van der Waals surface area contributed by atoms with Crippen LogP contribution >= 0.6 is 0 Å². The van der Waals surface area contributed by atoms with Crippen molar-refractivity contribution >= 4 is 22.7 Å². The Balaban J connectivity index is 1.74. The second kappa shape index (κ2) is 6.37. The maximum absolute atomic E-state index is 9.71. The molecule has 2 atom stereocenters. The van der Waals surface area contributed by atoms with Gasteiger partial charge in [-0.2, -0.15) is 5.26 Å². The summed E-state index contributed by atoms with van der Waals surface area (Å²) in [6.07, 6.45) is 1.10. The first-order valence-corrected chi connectivity index (χ1v) is 8.89. The molecule has 0 saturated carbocycles. The Morgan fingerprint density at radius 1 is 1.35 bits per heavy atom. The van der Waals surface area contributed by atoms with Crippen molar-refractivity contribution in [2.75, 3.05) is 30.4 Å². The molecule has 1 fully saturated rings. The van der Waals surface area contributed by atoms with Gasteiger partial charge in [-0.1, -0.05) is 12.1 Å². The van der Waals surface area contributed by atoms with Gasteiger partial charge in [0.05, 0.1) is 17.8 Å². The Kier molecular flexibility index (Phi) is 4.03. The summed E-state index contributed by atoms with van der Waals surface area (Å²) in [6.45, 7) is 11.1. The Hall–Kier alpha value is -3.02. The Morgan fingerprint density at radius 3 is 2.92 bits per heavy atom. The van der Waals surface area contributed by atoms with E-state index in [1.54, 1.807) is 0 Å². The highest BCUT2D eigenvalue weighted by atomic mass is 15.2. The van der Waals surface area contributed by atoms with Gasteiger partial charge in [-0.3, -0.25) is 0 Å². The first-order chi connectivity index (χ1) is 12.6. The van der Waals surface area contributed by atoms with Crippen LogP contribution in [0.4, 0.5) is 22.7 Å². The minimum absolute atomic E-state index is 0.420. The fraction of sp³-hybridized carbons (Fsp3) is 0.333. The predicted octanol–water partition coefficient (Wildman–Crippen LogP) is 4.06. The number of hydrogen-bond acceptors (Lipinski definition) is 4. The third-order valence-electron chi connectivity index (χ3n) is 5.57. The number of nitrogens with one attached hydrogen (secondary N) is 2. The van der Waals surface area contributed by atoms with Crippen molar-refractivity contribution < 1.29 is 0 Å². The molecule has 0 bridgehead atoms. The maximum Gasteiger partial charge on any atom is 0.187 e. The van der Waals surface area contributed by atoms with E-state index in [0.29, 0.717) is 17.6 Å². The summed E-state index contributed by atoms with van der Waals surface area (Å²) in [5.74, 6) is 0.420. The Bertz CT molecular complexity index is 950. The molecule has 130 valence electrons. The van der Waals surface area contributed by atoms with Gasteiger partial charge in [0.25, 0.3) is 0 Å². The number of benzene rings is 2. The number of aryl methyl sites for hydroxylation is 1. The molecule has 2 aliphatic rings. The molecule has 2 aromatic carbocycles. The highest BCUT2D eigenvalue weighted by Gasteiger charge is 2.39. The van der Waals surface area contributed by atoms with Crippen LogP contribution in [0.2, 0.25) is 0 Å². The van der Waals surface area contributed by atoms with Crippen molar-refractivity contribution in [2.45, 2.75) is 25.3 Å². The summed E-state index contributed by atoms with van der Waals surface area (Å²) in [5.41, 5.74) is 6.60. The largest absolute Gasteiger partial charge is 0.370 e. The van der Waals surface area contributed by atoms with E-state index in [0.717, 1.165) is 47.7 Å². The number of nitrogens with zero attached hydrogens (tertiary/aromatic N) is 3. The quantitative estimate of drug-likeness (QED) is 0.808. The summed E-state index contributed by atoms with van der Waals surface area (Å²) in [6, 6.07) is 12.6. The molecule has 2 aromatic rings. The highest BCUT2D eigenvalue weighted by Crippen LogP contribution is 2.45. The molecule has 0 unspecified atom stereocenters. The van der Waals surface area contributed by atoms with Crippen molar-refractivity contribution in [3.05, 3.63) is 58.4 Å². The number of hydrogen-bond donors (Lipinski definition) is 2. The van der Waals surface area contributed by atoms with Crippen molar-refractivity contribution in [3.63, 3.8) is 0 Å². The maximum atomic E-state index is 9.71. The SMILES string of the molecule is [C-]#[N+]c1ccc(Nc2cc(C#N)c3c(c2)[C@@H]2CNCC[C@@H]2N3C)c(C)c1. The fourth-order valence-corrected chi connectivity index (χ4v) is 4.30. The molecular weight excluding hydrogens is 322 g/mol. The number of nitriles is 1. The van der Waals surface area contributed by atoms with Crippen molar-refractivity contribution in [3.8, 4) is 6.07 Å². The first-order valence-electron chi connectivity index (χ1n) is 8.89. The van der Waals surface area contributed by atoms with Crippen molar-refractivity contribution in [1.29, 1.82) is 5.26 Å². The summed E-state index contributed by atoms with van der Waals surface area (Å²) < 4.78 is 0. The molecule has 4 rings (SSSR count). The minimum Gasteiger partial charge on any atom is -0.370 e. The molecule has 0 amide bonds. The van der Waals surface area contributed by atoms with Gasteiger partial charge in [0.2, 0.25) is 0 Å². The van der Waals surface area contributed by atoms with Gasteiger partial charge < -0.3 is 15.5 Å². The van der Waals surface area contributed by atoms with E-state index in [9.17, 15) is 5.26 Å². The van der Waals surface area contributed by atoms with Crippen LogP contribution in [0, 0.1) is 24.8 Å². The minimum atomic E-state index is 0.420. The van der Waals surface area contributed by atoms with E-state index in [1.807, 2.05) is 31.2 Å². The van der Waals surface area contributed by atoms with Crippen molar-refractivity contribution in [2.24, 2.45) is 0 Å². The summed E-state index contributed by atoms with van der Waals surface area (Å²) in [7, 11) is 2.11. The number of likely N-dealkylation sites (N-methyl/N-ethyl adjacent to an activating group) is 1. The van der Waals surface area contributed by atoms with Gasteiger partial charge >= 0.3 is 0 Å². The van der Waals surface area contributed by atoms with E-state index in [-0.39, 0.29) is 0 Å². The molecule has 26 heavy (non-hydrogen) atoms. The standard InChI is InChI=1S/C21H21N5/c1-13-8-15(23-2)4-5-19(13)25-16-9-14(11-22)21-17(10-16)18-12-24-7-6-20(18)26(21)3/h4-5,8-10,18,20,24-25H,6-7,12H2,1,3H3/t18-,20-/m0/s1. The molecule has 1 saturated heterocycles. The third kappa shape index (κ3) is 2.58. The second-order valence-corrected chi connectivity index (χ2v) is 7.09. The lowest BCUT2D eigenvalue weighted by molar-refractivity contribution is 0.413. The summed E-state index contributed by atoms with van der Waals surface area (Å²) in [4.78, 5) is 5.76. The van der Waals surface area contributed by atoms with E-state index in [4.69, 9.17) is 6.57 Å². The molecule has 5 heteroatoms. The third-order valence-corrected chi connectivity index (χ3v) is 5.57. The molecule has 2 aliphatic heterocycles.